The van der Waals surface area contributed by atoms with Crippen LogP contribution in [0.5, 0.6) is 0 Å². The lowest BCUT2D eigenvalue weighted by atomic mass is 10.0. The first-order valence-electron chi connectivity index (χ1n) is 8.51. The molecule has 1 aliphatic rings. The van der Waals surface area contributed by atoms with Crippen LogP contribution in [-0.2, 0) is 0 Å². The molecule has 0 atom stereocenters. The van der Waals surface area contributed by atoms with Crippen LogP contribution in [-0.4, -0.2) is 47.2 Å². The van der Waals surface area contributed by atoms with Crippen LogP contribution in [0, 0.1) is 0 Å². The molecule has 25 heavy (non-hydrogen) atoms. The second kappa shape index (κ2) is 6.64. The number of furan rings is 1. The third-order valence-corrected chi connectivity index (χ3v) is 4.81. The van der Waals surface area contributed by atoms with E-state index in [9.17, 15) is 4.79 Å². The summed E-state index contributed by atoms with van der Waals surface area (Å²) in [5.41, 5.74) is 2.91. The molecule has 6 heteroatoms. The molecule has 0 saturated carbocycles. The van der Waals surface area contributed by atoms with E-state index in [1.54, 1.807) is 17.2 Å². The Kier molecular flexibility index (Phi) is 4.19. The fourth-order valence-electron chi connectivity index (χ4n) is 3.27. The molecule has 6 nitrogen and oxygen atoms in total. The monoisotopic (exact) mass is 336 g/mol. The second-order valence-electron chi connectivity index (χ2n) is 6.37. The number of carbonyl (C=O) groups excluding carboxylic acids is 1. The van der Waals surface area contributed by atoms with Gasteiger partial charge in [0.05, 0.1) is 12.0 Å². The highest BCUT2D eigenvalue weighted by molar-refractivity contribution is 5.92. The van der Waals surface area contributed by atoms with E-state index in [1.807, 2.05) is 37.4 Å². The van der Waals surface area contributed by atoms with Gasteiger partial charge >= 0.3 is 0 Å². The van der Waals surface area contributed by atoms with Crippen LogP contribution < -0.4 is 5.32 Å². The standard InChI is InChI=1S/C19H20N4O2/c1-23(15-6-9-20-10-7-15)19(24)17-4-3-16(21-22-17)13-2-5-18-14(12-13)8-11-25-18/h2-5,8,11-12,15,20H,6-7,9-10H2,1H3. The summed E-state index contributed by atoms with van der Waals surface area (Å²) in [6.07, 6.45) is 3.61. The van der Waals surface area contributed by atoms with Gasteiger partial charge in [-0.2, -0.15) is 0 Å². The van der Waals surface area contributed by atoms with E-state index in [0.29, 0.717) is 5.69 Å². The first kappa shape index (κ1) is 15.8. The zero-order valence-electron chi connectivity index (χ0n) is 14.1. The van der Waals surface area contributed by atoms with Crippen molar-refractivity contribution in [1.82, 2.24) is 20.4 Å². The number of benzene rings is 1. The summed E-state index contributed by atoms with van der Waals surface area (Å²) < 4.78 is 5.35. The smallest absolute Gasteiger partial charge is 0.274 e. The molecule has 1 amide bonds. The summed E-state index contributed by atoms with van der Waals surface area (Å²) in [5, 5.41) is 12.7. The van der Waals surface area contributed by atoms with Crippen LogP contribution in [0.15, 0.2) is 47.1 Å². The van der Waals surface area contributed by atoms with Crippen molar-refractivity contribution in [2.24, 2.45) is 0 Å². The van der Waals surface area contributed by atoms with Gasteiger partial charge in [0.15, 0.2) is 5.69 Å². The lowest BCUT2D eigenvalue weighted by molar-refractivity contribution is 0.0696. The number of fused-ring (bicyclic) bond motifs is 1. The number of amides is 1. The van der Waals surface area contributed by atoms with Gasteiger partial charge in [0.2, 0.25) is 0 Å². The summed E-state index contributed by atoms with van der Waals surface area (Å²) in [6, 6.07) is 11.6. The van der Waals surface area contributed by atoms with Crippen molar-refractivity contribution in [2.75, 3.05) is 20.1 Å². The molecule has 0 unspecified atom stereocenters. The highest BCUT2D eigenvalue weighted by Crippen LogP contribution is 2.23. The van der Waals surface area contributed by atoms with Crippen molar-refractivity contribution in [3.8, 4) is 11.3 Å². The Bertz CT molecular complexity index is 882. The summed E-state index contributed by atoms with van der Waals surface area (Å²) in [4.78, 5) is 14.4. The van der Waals surface area contributed by atoms with Crippen molar-refractivity contribution in [3.05, 3.63) is 48.4 Å². The topological polar surface area (TPSA) is 71.3 Å². The molecule has 1 saturated heterocycles. The molecule has 1 aliphatic heterocycles. The van der Waals surface area contributed by atoms with Crippen molar-refractivity contribution in [1.29, 1.82) is 0 Å². The van der Waals surface area contributed by atoms with E-state index in [0.717, 1.165) is 48.2 Å². The Morgan fingerprint density at radius 3 is 2.76 bits per heavy atom. The summed E-state index contributed by atoms with van der Waals surface area (Å²) >= 11 is 0. The first-order chi connectivity index (χ1) is 12.2. The number of rotatable bonds is 3. The quantitative estimate of drug-likeness (QED) is 0.796. The van der Waals surface area contributed by atoms with Crippen molar-refractivity contribution in [3.63, 3.8) is 0 Å². The van der Waals surface area contributed by atoms with Gasteiger partial charge in [-0.1, -0.05) is 0 Å². The maximum atomic E-state index is 12.6. The molecule has 1 fully saturated rings. The second-order valence-corrected chi connectivity index (χ2v) is 6.37. The Hall–Kier alpha value is -2.73. The number of hydrogen-bond acceptors (Lipinski definition) is 5. The van der Waals surface area contributed by atoms with Gasteiger partial charge in [-0.3, -0.25) is 4.79 Å². The van der Waals surface area contributed by atoms with Gasteiger partial charge in [0.25, 0.3) is 5.91 Å². The number of aromatic nitrogens is 2. The third-order valence-electron chi connectivity index (χ3n) is 4.81. The average molecular weight is 336 g/mol. The number of piperidine rings is 1. The van der Waals surface area contributed by atoms with E-state index < -0.39 is 0 Å². The van der Waals surface area contributed by atoms with Gasteiger partial charge in [0.1, 0.15) is 5.58 Å². The van der Waals surface area contributed by atoms with E-state index in [4.69, 9.17) is 4.42 Å². The highest BCUT2D eigenvalue weighted by atomic mass is 16.3. The number of carbonyl (C=O) groups is 1. The van der Waals surface area contributed by atoms with Crippen LogP contribution in [0.25, 0.3) is 22.2 Å². The lowest BCUT2D eigenvalue weighted by Crippen LogP contribution is -2.44. The molecular formula is C19H20N4O2. The Labute approximate surface area is 145 Å². The molecule has 0 aliphatic carbocycles. The van der Waals surface area contributed by atoms with Crippen molar-refractivity contribution >= 4 is 16.9 Å². The molecule has 3 aromatic rings. The zero-order chi connectivity index (χ0) is 17.2. The predicted molar refractivity (Wildman–Crippen MR) is 95.2 cm³/mol. The van der Waals surface area contributed by atoms with Crippen LogP contribution in [0.2, 0.25) is 0 Å². The number of nitrogens with zero attached hydrogens (tertiary/aromatic N) is 3. The number of hydrogen-bond donors (Lipinski definition) is 1. The minimum Gasteiger partial charge on any atom is -0.464 e. The van der Waals surface area contributed by atoms with E-state index >= 15 is 0 Å². The fourth-order valence-corrected chi connectivity index (χ4v) is 3.27. The van der Waals surface area contributed by atoms with Gasteiger partial charge < -0.3 is 14.6 Å². The number of nitrogens with one attached hydrogen (secondary N) is 1. The van der Waals surface area contributed by atoms with Crippen LogP contribution in [0.3, 0.4) is 0 Å². The maximum absolute atomic E-state index is 12.6. The molecule has 0 spiro atoms. The van der Waals surface area contributed by atoms with Crippen LogP contribution in [0.4, 0.5) is 0 Å². The van der Waals surface area contributed by atoms with Gasteiger partial charge in [-0.15, -0.1) is 10.2 Å². The van der Waals surface area contributed by atoms with Crippen LogP contribution in [0.1, 0.15) is 23.3 Å². The largest absolute Gasteiger partial charge is 0.464 e. The normalized spacial score (nSPS) is 15.4. The van der Waals surface area contributed by atoms with E-state index in [1.165, 1.54) is 0 Å². The SMILES string of the molecule is CN(C(=O)c1ccc(-c2ccc3occc3c2)nn1)C1CCNCC1. The summed E-state index contributed by atoms with van der Waals surface area (Å²) in [5.74, 6) is -0.0729. The van der Waals surface area contributed by atoms with Gasteiger partial charge in [-0.25, -0.2) is 0 Å². The van der Waals surface area contributed by atoms with Crippen LogP contribution >= 0.6 is 0 Å². The molecule has 1 aromatic carbocycles. The molecule has 3 heterocycles. The first-order valence-corrected chi connectivity index (χ1v) is 8.51. The Morgan fingerprint density at radius 2 is 2.00 bits per heavy atom. The average Bonchev–Trinajstić information content (AvgIpc) is 3.15. The van der Waals surface area contributed by atoms with Gasteiger partial charge in [-0.05, 0) is 62.3 Å². The van der Waals surface area contributed by atoms with E-state index in [-0.39, 0.29) is 11.9 Å². The minimum absolute atomic E-state index is 0.0729. The maximum Gasteiger partial charge on any atom is 0.274 e. The Morgan fingerprint density at radius 1 is 1.16 bits per heavy atom. The van der Waals surface area contributed by atoms with E-state index in [2.05, 4.69) is 15.5 Å². The molecule has 0 bridgehead atoms. The van der Waals surface area contributed by atoms with Crippen molar-refractivity contribution in [2.45, 2.75) is 18.9 Å². The fraction of sp³-hybridized carbons (Fsp3) is 0.316. The molecule has 0 radical (unpaired) electrons. The highest BCUT2D eigenvalue weighted by Gasteiger charge is 2.23. The molecule has 128 valence electrons. The third kappa shape index (κ3) is 3.13. The summed E-state index contributed by atoms with van der Waals surface area (Å²) in [6.45, 7) is 1.90. The van der Waals surface area contributed by atoms with Gasteiger partial charge in [0, 0.05) is 24.0 Å². The molecular weight excluding hydrogens is 316 g/mol. The zero-order valence-corrected chi connectivity index (χ0v) is 14.1. The lowest BCUT2D eigenvalue weighted by Gasteiger charge is -2.31. The molecule has 4 rings (SSSR count). The van der Waals surface area contributed by atoms with Crippen molar-refractivity contribution < 1.29 is 9.21 Å². The molecule has 2 aromatic heterocycles. The predicted octanol–water partition coefficient (Wildman–Crippen LogP) is 2.71. The minimum atomic E-state index is -0.0729. The Balaban J connectivity index is 1.53. The molecule has 1 N–H and O–H groups in total. The summed E-state index contributed by atoms with van der Waals surface area (Å²) in [7, 11) is 1.85.